The van der Waals surface area contributed by atoms with Crippen molar-refractivity contribution in [1.29, 1.82) is 0 Å². The third-order valence-electron chi connectivity index (χ3n) is 5.62. The number of hydrogen-bond acceptors (Lipinski definition) is 7. The van der Waals surface area contributed by atoms with E-state index >= 15 is 0 Å². The van der Waals surface area contributed by atoms with Gasteiger partial charge < -0.3 is 24.6 Å². The van der Waals surface area contributed by atoms with Crippen molar-refractivity contribution >= 4 is 5.91 Å². The number of carbonyl (C=O) groups excluding carboxylic acids is 1. The molecule has 0 spiro atoms. The first-order valence-electron chi connectivity index (χ1n) is 10.8. The third kappa shape index (κ3) is 7.92. The van der Waals surface area contributed by atoms with Crippen LogP contribution in [0, 0.1) is 6.92 Å². The van der Waals surface area contributed by atoms with E-state index in [0.29, 0.717) is 13.2 Å². The number of rotatable bonds is 3. The van der Waals surface area contributed by atoms with Crippen molar-refractivity contribution < 1.29 is 24.5 Å². The van der Waals surface area contributed by atoms with Gasteiger partial charge in [0, 0.05) is 53.0 Å². The predicted molar refractivity (Wildman–Crippen MR) is 114 cm³/mol. The lowest BCUT2D eigenvalue weighted by Gasteiger charge is -2.31. The quantitative estimate of drug-likeness (QED) is 0.748. The topological polar surface area (TPSA) is 95.4 Å². The van der Waals surface area contributed by atoms with E-state index in [2.05, 4.69) is 22.9 Å². The van der Waals surface area contributed by atoms with Crippen LogP contribution in [-0.4, -0.2) is 95.7 Å². The molecule has 0 aromatic carbocycles. The zero-order valence-corrected chi connectivity index (χ0v) is 18.5. The van der Waals surface area contributed by atoms with E-state index in [9.17, 15) is 15.0 Å². The van der Waals surface area contributed by atoms with Gasteiger partial charge in [-0.2, -0.15) is 0 Å². The van der Waals surface area contributed by atoms with E-state index in [1.54, 1.807) is 4.90 Å². The number of ether oxygens (including phenoxy) is 2. The minimum absolute atomic E-state index is 0.0396. The highest BCUT2D eigenvalue weighted by atomic mass is 16.5. The Balaban J connectivity index is 2.07. The van der Waals surface area contributed by atoms with Crippen molar-refractivity contribution in [2.75, 3.05) is 46.5 Å². The number of aryl methyl sites for hydroxylation is 1. The summed E-state index contributed by atoms with van der Waals surface area (Å²) in [6.45, 7) is 7.45. The van der Waals surface area contributed by atoms with Crippen LogP contribution < -0.4 is 0 Å². The summed E-state index contributed by atoms with van der Waals surface area (Å²) in [5.41, 5.74) is 2.24. The summed E-state index contributed by atoms with van der Waals surface area (Å²) in [7, 11) is 1.48. The molecule has 0 aliphatic carbocycles. The molecule has 0 radical (unpaired) electrons. The lowest BCUT2D eigenvalue weighted by Crippen LogP contribution is -2.48. The zero-order chi connectivity index (χ0) is 21.9. The maximum absolute atomic E-state index is 12.1. The van der Waals surface area contributed by atoms with Crippen LogP contribution >= 0.6 is 0 Å². The molecule has 3 atom stereocenters. The number of amides is 1. The summed E-state index contributed by atoms with van der Waals surface area (Å²) < 4.78 is 10.9. The molecule has 0 bridgehead atoms. The molecule has 2 N–H and O–H groups in total. The minimum Gasteiger partial charge on any atom is -0.388 e. The number of aliphatic hydroxyl groups excluding tert-OH is 2. The molecule has 8 heteroatoms. The second-order valence-corrected chi connectivity index (χ2v) is 7.98. The standard InChI is InChI=1S/C22H37N3O5/c1-17-8-6-9-23-19(17)14-24-10-4-5-13-30-16-20(27)22(28)21(29-3)15-25(18(2)26)12-7-11-24/h6,8-9,20-22,27-28H,4-5,7,10-16H2,1-3H3/t20-,21-,22-/m0/s1. The van der Waals surface area contributed by atoms with E-state index in [1.165, 1.54) is 19.6 Å². The van der Waals surface area contributed by atoms with Crippen LogP contribution in [0.2, 0.25) is 0 Å². The molecular formula is C22H37N3O5. The van der Waals surface area contributed by atoms with Gasteiger partial charge in [0.25, 0.3) is 0 Å². The molecule has 30 heavy (non-hydrogen) atoms. The van der Waals surface area contributed by atoms with Gasteiger partial charge in [-0.25, -0.2) is 0 Å². The van der Waals surface area contributed by atoms with Gasteiger partial charge >= 0.3 is 0 Å². The van der Waals surface area contributed by atoms with Crippen molar-refractivity contribution in [2.45, 2.75) is 58.0 Å². The van der Waals surface area contributed by atoms with Crippen molar-refractivity contribution in [3.8, 4) is 0 Å². The van der Waals surface area contributed by atoms with Crippen LogP contribution in [0.3, 0.4) is 0 Å². The third-order valence-corrected chi connectivity index (χ3v) is 5.62. The van der Waals surface area contributed by atoms with Gasteiger partial charge in [-0.05, 0) is 44.4 Å². The fraction of sp³-hybridized carbons (Fsp3) is 0.727. The summed E-state index contributed by atoms with van der Waals surface area (Å²) >= 11 is 0. The van der Waals surface area contributed by atoms with Crippen LogP contribution in [0.15, 0.2) is 18.3 Å². The Kier molecular flexibility index (Phi) is 10.7. The van der Waals surface area contributed by atoms with Crippen molar-refractivity contribution in [3.63, 3.8) is 0 Å². The van der Waals surface area contributed by atoms with Gasteiger partial charge in [-0.3, -0.25) is 14.7 Å². The molecule has 170 valence electrons. The first-order chi connectivity index (χ1) is 14.4. The Bertz CT molecular complexity index is 645. The molecule has 0 unspecified atom stereocenters. The Labute approximate surface area is 179 Å². The summed E-state index contributed by atoms with van der Waals surface area (Å²) in [6, 6.07) is 4.02. The maximum atomic E-state index is 12.1. The Morgan fingerprint density at radius 1 is 1.27 bits per heavy atom. The summed E-state index contributed by atoms with van der Waals surface area (Å²) in [5, 5.41) is 20.7. The lowest BCUT2D eigenvalue weighted by atomic mass is 10.1. The Hall–Kier alpha value is -1.58. The fourth-order valence-electron chi connectivity index (χ4n) is 3.66. The van der Waals surface area contributed by atoms with Gasteiger partial charge in [0.15, 0.2) is 0 Å². The van der Waals surface area contributed by atoms with Crippen molar-refractivity contribution in [3.05, 3.63) is 29.6 Å². The van der Waals surface area contributed by atoms with E-state index < -0.39 is 18.3 Å². The fourth-order valence-corrected chi connectivity index (χ4v) is 3.66. The van der Waals surface area contributed by atoms with Crippen molar-refractivity contribution in [2.24, 2.45) is 0 Å². The largest absolute Gasteiger partial charge is 0.388 e. The van der Waals surface area contributed by atoms with Crippen LogP contribution in [0.1, 0.15) is 37.4 Å². The first kappa shape index (κ1) is 24.7. The molecule has 2 heterocycles. The number of aromatic nitrogens is 1. The summed E-state index contributed by atoms with van der Waals surface area (Å²) in [5.74, 6) is -0.0774. The summed E-state index contributed by atoms with van der Waals surface area (Å²) in [6.07, 6.45) is 1.60. The molecule has 1 fully saturated rings. The smallest absolute Gasteiger partial charge is 0.219 e. The average Bonchev–Trinajstić information content (AvgIpc) is 2.73. The molecule has 8 nitrogen and oxygen atoms in total. The van der Waals surface area contributed by atoms with Crippen molar-refractivity contribution in [1.82, 2.24) is 14.8 Å². The summed E-state index contributed by atoms with van der Waals surface area (Å²) in [4.78, 5) is 20.7. The molecule has 1 amide bonds. The molecule has 1 aromatic rings. The molecule has 1 aliphatic heterocycles. The first-order valence-corrected chi connectivity index (χ1v) is 10.8. The van der Waals surface area contributed by atoms with Gasteiger partial charge in [0.1, 0.15) is 18.3 Å². The molecule has 1 aliphatic rings. The highest BCUT2D eigenvalue weighted by Crippen LogP contribution is 2.12. The van der Waals surface area contributed by atoms with E-state index in [1.807, 2.05) is 12.3 Å². The normalized spacial score (nSPS) is 26.0. The Morgan fingerprint density at radius 2 is 2.03 bits per heavy atom. The monoisotopic (exact) mass is 423 g/mol. The highest BCUT2D eigenvalue weighted by Gasteiger charge is 2.29. The Morgan fingerprint density at radius 3 is 2.73 bits per heavy atom. The van der Waals surface area contributed by atoms with E-state index in [0.717, 1.165) is 44.6 Å². The second kappa shape index (κ2) is 13.0. The van der Waals surface area contributed by atoms with E-state index in [4.69, 9.17) is 9.47 Å². The molecule has 1 saturated heterocycles. The van der Waals surface area contributed by atoms with Gasteiger partial charge in [0.05, 0.1) is 12.3 Å². The minimum atomic E-state index is -1.12. The molecule has 0 saturated carbocycles. The predicted octanol–water partition coefficient (Wildman–Crippen LogP) is 0.978. The van der Waals surface area contributed by atoms with Crippen LogP contribution in [-0.2, 0) is 20.8 Å². The molecule has 2 rings (SSSR count). The number of aliphatic hydroxyl groups is 2. The van der Waals surface area contributed by atoms with Crippen LogP contribution in [0.5, 0.6) is 0 Å². The number of methoxy groups -OCH3 is 1. The zero-order valence-electron chi connectivity index (χ0n) is 18.5. The lowest BCUT2D eigenvalue weighted by molar-refractivity contribution is -0.136. The molecule has 1 aromatic heterocycles. The van der Waals surface area contributed by atoms with E-state index in [-0.39, 0.29) is 19.1 Å². The van der Waals surface area contributed by atoms with Crippen LogP contribution in [0.4, 0.5) is 0 Å². The van der Waals surface area contributed by atoms with Gasteiger partial charge in [0.2, 0.25) is 5.91 Å². The van der Waals surface area contributed by atoms with Gasteiger partial charge in [-0.15, -0.1) is 0 Å². The maximum Gasteiger partial charge on any atom is 0.219 e. The number of pyridine rings is 1. The second-order valence-electron chi connectivity index (χ2n) is 7.98. The SMILES string of the molecule is CO[C@H]1CN(C(C)=O)CCCN(Cc2ncccc2C)CCCCOC[C@H](O)[C@@H]1O. The molecular weight excluding hydrogens is 386 g/mol. The number of hydrogen-bond donors (Lipinski definition) is 2. The average molecular weight is 424 g/mol. The van der Waals surface area contributed by atoms with Crippen LogP contribution in [0.25, 0.3) is 0 Å². The highest BCUT2D eigenvalue weighted by molar-refractivity contribution is 5.73. The number of carbonyl (C=O) groups is 1. The number of nitrogens with zero attached hydrogens (tertiary/aromatic N) is 3. The van der Waals surface area contributed by atoms with Gasteiger partial charge in [-0.1, -0.05) is 6.07 Å².